The molecule has 1 aliphatic heterocycles. The molecule has 0 spiro atoms. The minimum Gasteiger partial charge on any atom is -0.315 e. The number of sulfonamides is 1. The van der Waals surface area contributed by atoms with Gasteiger partial charge in [-0.15, -0.1) is 12.4 Å². The Labute approximate surface area is 130 Å². The minimum absolute atomic E-state index is 0. The second-order valence-electron chi connectivity index (χ2n) is 4.18. The molecule has 10 heteroatoms. The Kier molecular flexibility index (Phi) is 5.90. The average molecular weight is 387 g/mol. The first-order valence-corrected chi connectivity index (χ1v) is 7.85. The van der Waals surface area contributed by atoms with Crippen molar-refractivity contribution >= 4 is 44.0 Å². The van der Waals surface area contributed by atoms with Crippen LogP contribution in [0.3, 0.4) is 0 Å². The van der Waals surface area contributed by atoms with E-state index in [1.54, 1.807) is 0 Å². The molecule has 1 unspecified atom stereocenters. The van der Waals surface area contributed by atoms with Crippen LogP contribution in [-0.4, -0.2) is 32.5 Å². The van der Waals surface area contributed by atoms with Gasteiger partial charge in [-0.3, -0.25) is 10.1 Å². The molecule has 0 radical (unpaired) electrons. The van der Waals surface area contributed by atoms with E-state index >= 15 is 0 Å². The molecule has 1 saturated heterocycles. The quantitative estimate of drug-likeness (QED) is 0.602. The van der Waals surface area contributed by atoms with Crippen molar-refractivity contribution in [3.05, 3.63) is 32.8 Å². The van der Waals surface area contributed by atoms with Crippen molar-refractivity contribution in [3.8, 4) is 0 Å². The number of hydrogen-bond acceptors (Lipinski definition) is 5. The molecule has 7 nitrogen and oxygen atoms in total. The molecule has 2 rings (SSSR count). The van der Waals surface area contributed by atoms with E-state index in [1.165, 1.54) is 18.2 Å². The van der Waals surface area contributed by atoms with Crippen LogP contribution < -0.4 is 10.0 Å². The van der Waals surface area contributed by atoms with E-state index in [9.17, 15) is 18.5 Å². The van der Waals surface area contributed by atoms with Crippen molar-refractivity contribution in [1.82, 2.24) is 10.0 Å². The van der Waals surface area contributed by atoms with Crippen molar-refractivity contribution in [3.63, 3.8) is 0 Å². The van der Waals surface area contributed by atoms with E-state index in [4.69, 9.17) is 0 Å². The number of benzene rings is 1. The van der Waals surface area contributed by atoms with Gasteiger partial charge in [0.05, 0.1) is 4.92 Å². The fourth-order valence-corrected chi connectivity index (χ4v) is 3.87. The summed E-state index contributed by atoms with van der Waals surface area (Å²) >= 11 is 3.12. The zero-order chi connectivity index (χ0) is 14.0. The molecule has 0 aliphatic carbocycles. The van der Waals surface area contributed by atoms with Crippen LogP contribution in [0.2, 0.25) is 0 Å². The number of nitro benzene ring substituents is 1. The topological polar surface area (TPSA) is 101 Å². The summed E-state index contributed by atoms with van der Waals surface area (Å²) < 4.78 is 27.4. The van der Waals surface area contributed by atoms with Crippen LogP contribution in [0.1, 0.15) is 6.42 Å². The number of hydrogen-bond donors (Lipinski definition) is 2. The number of rotatable bonds is 4. The molecular weight excluding hydrogens is 374 g/mol. The molecule has 1 aromatic rings. The number of nitro groups is 1. The third-order valence-corrected chi connectivity index (χ3v) is 4.83. The molecule has 0 amide bonds. The largest absolute Gasteiger partial charge is 0.315 e. The van der Waals surface area contributed by atoms with Crippen LogP contribution in [0.25, 0.3) is 0 Å². The Morgan fingerprint density at radius 2 is 2.15 bits per heavy atom. The predicted octanol–water partition coefficient (Wildman–Crippen LogP) is 1.42. The number of nitrogens with zero attached hydrogens (tertiary/aromatic N) is 1. The third-order valence-electron chi connectivity index (χ3n) is 2.79. The first kappa shape index (κ1) is 17.3. The molecule has 0 bridgehead atoms. The third kappa shape index (κ3) is 3.89. The van der Waals surface area contributed by atoms with Crippen molar-refractivity contribution in [2.75, 3.05) is 13.1 Å². The number of halogens is 2. The lowest BCUT2D eigenvalue weighted by atomic mass is 10.3. The summed E-state index contributed by atoms with van der Waals surface area (Å²) in [7, 11) is -3.90. The van der Waals surface area contributed by atoms with Gasteiger partial charge in [0, 0.05) is 23.1 Å². The standard InChI is InChI=1S/C10H12BrN3O4S.ClH/c11-7-1-2-9(14(15)16)10(5-7)19(17,18)13-8-3-4-12-6-8;/h1-2,5,8,12-13H,3-4,6H2;1H. The van der Waals surface area contributed by atoms with Gasteiger partial charge in [0.2, 0.25) is 10.0 Å². The summed E-state index contributed by atoms with van der Waals surface area (Å²) in [5, 5.41) is 13.9. The molecule has 1 heterocycles. The van der Waals surface area contributed by atoms with Crippen LogP contribution in [0.5, 0.6) is 0 Å². The smallest absolute Gasteiger partial charge is 0.289 e. The van der Waals surface area contributed by atoms with Crippen molar-refractivity contribution in [2.24, 2.45) is 0 Å². The van der Waals surface area contributed by atoms with E-state index in [2.05, 4.69) is 26.0 Å². The average Bonchev–Trinajstić information content (AvgIpc) is 2.80. The van der Waals surface area contributed by atoms with Gasteiger partial charge in [-0.1, -0.05) is 15.9 Å². The minimum atomic E-state index is -3.90. The van der Waals surface area contributed by atoms with Gasteiger partial charge < -0.3 is 5.32 Å². The van der Waals surface area contributed by atoms with Crippen LogP contribution >= 0.6 is 28.3 Å². The van der Waals surface area contributed by atoms with Crippen molar-refractivity contribution in [1.29, 1.82) is 0 Å². The molecule has 1 atom stereocenters. The molecule has 20 heavy (non-hydrogen) atoms. The highest BCUT2D eigenvalue weighted by molar-refractivity contribution is 9.10. The highest BCUT2D eigenvalue weighted by atomic mass is 79.9. The predicted molar refractivity (Wildman–Crippen MR) is 79.6 cm³/mol. The lowest BCUT2D eigenvalue weighted by molar-refractivity contribution is -0.387. The maximum atomic E-state index is 12.2. The van der Waals surface area contributed by atoms with Gasteiger partial charge in [-0.2, -0.15) is 0 Å². The SMILES string of the molecule is Cl.O=[N+]([O-])c1ccc(Br)cc1S(=O)(=O)NC1CCNC1. The summed E-state index contributed by atoms with van der Waals surface area (Å²) in [4.78, 5) is 9.88. The normalized spacial score (nSPS) is 18.6. The van der Waals surface area contributed by atoms with Gasteiger partial charge in [0.15, 0.2) is 4.90 Å². The Balaban J connectivity index is 0.00000200. The molecule has 112 valence electrons. The highest BCUT2D eigenvalue weighted by Crippen LogP contribution is 2.27. The summed E-state index contributed by atoms with van der Waals surface area (Å²) in [5.74, 6) is 0. The lowest BCUT2D eigenvalue weighted by Gasteiger charge is -2.12. The fourth-order valence-electron chi connectivity index (χ4n) is 1.89. The molecule has 0 saturated carbocycles. The molecule has 1 fully saturated rings. The van der Waals surface area contributed by atoms with Crippen LogP contribution in [-0.2, 0) is 10.0 Å². The van der Waals surface area contributed by atoms with E-state index < -0.39 is 20.6 Å². The second-order valence-corrected chi connectivity index (χ2v) is 6.78. The van der Waals surface area contributed by atoms with Gasteiger partial charge in [-0.25, -0.2) is 13.1 Å². The van der Waals surface area contributed by atoms with Crippen LogP contribution in [0.4, 0.5) is 5.69 Å². The Morgan fingerprint density at radius 1 is 1.45 bits per heavy atom. The maximum absolute atomic E-state index is 12.2. The first-order chi connectivity index (χ1) is 8.90. The zero-order valence-electron chi connectivity index (χ0n) is 10.2. The molecular formula is C10H13BrClN3O4S. The van der Waals surface area contributed by atoms with Crippen molar-refractivity contribution < 1.29 is 13.3 Å². The van der Waals surface area contributed by atoms with Crippen LogP contribution in [0.15, 0.2) is 27.6 Å². The Morgan fingerprint density at radius 3 is 2.70 bits per heavy atom. The second kappa shape index (κ2) is 6.81. The van der Waals surface area contributed by atoms with Gasteiger partial charge in [0.25, 0.3) is 5.69 Å². The monoisotopic (exact) mass is 385 g/mol. The van der Waals surface area contributed by atoms with Crippen LogP contribution in [0, 0.1) is 10.1 Å². The molecule has 2 N–H and O–H groups in total. The molecule has 0 aromatic heterocycles. The highest BCUT2D eigenvalue weighted by Gasteiger charge is 2.29. The lowest BCUT2D eigenvalue weighted by Crippen LogP contribution is -2.36. The molecule has 1 aromatic carbocycles. The van der Waals surface area contributed by atoms with E-state index in [-0.39, 0.29) is 23.3 Å². The number of nitrogens with one attached hydrogen (secondary N) is 2. The fraction of sp³-hybridized carbons (Fsp3) is 0.400. The zero-order valence-corrected chi connectivity index (χ0v) is 13.4. The van der Waals surface area contributed by atoms with E-state index in [0.717, 1.165) is 6.54 Å². The van der Waals surface area contributed by atoms with Gasteiger partial charge in [0.1, 0.15) is 0 Å². The van der Waals surface area contributed by atoms with Crippen molar-refractivity contribution in [2.45, 2.75) is 17.4 Å². The Hall–Kier alpha value is -0.740. The summed E-state index contributed by atoms with van der Waals surface area (Å²) in [6.07, 6.45) is 0.668. The summed E-state index contributed by atoms with van der Waals surface area (Å²) in [6, 6.07) is 3.62. The molecule has 1 aliphatic rings. The first-order valence-electron chi connectivity index (χ1n) is 5.57. The van der Waals surface area contributed by atoms with Gasteiger partial charge >= 0.3 is 0 Å². The van der Waals surface area contributed by atoms with E-state index in [0.29, 0.717) is 17.4 Å². The summed E-state index contributed by atoms with van der Waals surface area (Å²) in [5.41, 5.74) is -0.429. The van der Waals surface area contributed by atoms with E-state index in [1.807, 2.05) is 0 Å². The summed E-state index contributed by atoms with van der Waals surface area (Å²) in [6.45, 7) is 1.26. The van der Waals surface area contributed by atoms with Gasteiger partial charge in [-0.05, 0) is 25.1 Å². The Bertz CT molecular complexity index is 605. The maximum Gasteiger partial charge on any atom is 0.289 e.